The van der Waals surface area contributed by atoms with Gasteiger partial charge in [0.2, 0.25) is 5.91 Å². The van der Waals surface area contributed by atoms with Crippen molar-refractivity contribution < 1.29 is 24.1 Å². The zero-order valence-corrected chi connectivity index (χ0v) is 14.1. The topological polar surface area (TPSA) is 80.3 Å². The number of amides is 1. The van der Waals surface area contributed by atoms with Crippen LogP contribution in [0.25, 0.3) is 0 Å². The Morgan fingerprint density at radius 2 is 2.12 bits per heavy atom. The number of carbonyl (C=O) groups is 1. The molecule has 2 aliphatic rings. The van der Waals surface area contributed by atoms with Crippen LogP contribution in [0.3, 0.4) is 0 Å². The molecule has 0 saturated carbocycles. The van der Waals surface area contributed by atoms with E-state index in [4.69, 9.17) is 14.2 Å². The number of nitrogens with zero attached hydrogens (tertiary/aromatic N) is 1. The number of hydrogen-bond acceptors (Lipinski definition) is 6. The number of carbonyl (C=O) groups excluding carboxylic acids is 1. The van der Waals surface area contributed by atoms with E-state index in [1.165, 1.54) is 0 Å². The van der Waals surface area contributed by atoms with Crippen molar-refractivity contribution in [1.29, 1.82) is 0 Å². The van der Waals surface area contributed by atoms with Crippen LogP contribution in [0.5, 0.6) is 11.5 Å². The summed E-state index contributed by atoms with van der Waals surface area (Å²) < 4.78 is 16.2. The molecule has 1 saturated heterocycles. The molecule has 1 amide bonds. The van der Waals surface area contributed by atoms with Crippen molar-refractivity contribution >= 4 is 5.91 Å². The first-order valence-corrected chi connectivity index (χ1v) is 8.14. The Labute approximate surface area is 141 Å². The van der Waals surface area contributed by atoms with E-state index < -0.39 is 6.10 Å². The van der Waals surface area contributed by atoms with Crippen molar-refractivity contribution in [3.8, 4) is 11.5 Å². The smallest absolute Gasteiger partial charge is 0.224 e. The second-order valence-corrected chi connectivity index (χ2v) is 6.08. The molecule has 2 unspecified atom stereocenters. The highest BCUT2D eigenvalue weighted by atomic mass is 16.5. The van der Waals surface area contributed by atoms with Gasteiger partial charge in [0, 0.05) is 36.7 Å². The van der Waals surface area contributed by atoms with Gasteiger partial charge in [-0.2, -0.15) is 0 Å². The van der Waals surface area contributed by atoms with Crippen LogP contribution in [0.15, 0.2) is 12.1 Å². The molecule has 1 aromatic rings. The molecule has 0 bridgehead atoms. The number of fused-ring (bicyclic) bond motifs is 1. The third kappa shape index (κ3) is 3.33. The fourth-order valence-electron chi connectivity index (χ4n) is 3.36. The van der Waals surface area contributed by atoms with E-state index in [1.807, 2.05) is 0 Å². The molecule has 1 fully saturated rings. The molecule has 7 nitrogen and oxygen atoms in total. The number of nitrogens with one attached hydrogen (secondary N) is 1. The summed E-state index contributed by atoms with van der Waals surface area (Å²) in [6.45, 7) is 2.63. The lowest BCUT2D eigenvalue weighted by Gasteiger charge is -2.35. The molecule has 0 radical (unpaired) electrons. The van der Waals surface area contributed by atoms with E-state index in [9.17, 15) is 9.90 Å². The molecular weight excluding hydrogens is 312 g/mol. The van der Waals surface area contributed by atoms with E-state index in [0.717, 1.165) is 12.1 Å². The molecule has 2 aliphatic heterocycles. The van der Waals surface area contributed by atoms with Gasteiger partial charge in [0.15, 0.2) is 0 Å². The number of benzene rings is 1. The van der Waals surface area contributed by atoms with Crippen LogP contribution >= 0.6 is 0 Å². The molecule has 2 atom stereocenters. The molecule has 0 aliphatic carbocycles. The average Bonchev–Trinajstić information content (AvgIpc) is 2.61. The third-order valence-electron chi connectivity index (χ3n) is 4.56. The lowest BCUT2D eigenvalue weighted by atomic mass is 9.94. The van der Waals surface area contributed by atoms with Crippen LogP contribution in [-0.4, -0.2) is 62.5 Å². The van der Waals surface area contributed by atoms with Gasteiger partial charge in [-0.3, -0.25) is 4.79 Å². The van der Waals surface area contributed by atoms with Crippen LogP contribution in [0, 0.1) is 0 Å². The van der Waals surface area contributed by atoms with Gasteiger partial charge in [0.05, 0.1) is 34.0 Å². The Kier molecular flexibility index (Phi) is 5.23. The highest BCUT2D eigenvalue weighted by Crippen LogP contribution is 2.39. The number of methoxy groups -OCH3 is 2. The Morgan fingerprint density at radius 1 is 1.38 bits per heavy atom. The number of aliphatic hydroxyl groups excluding tert-OH is 1. The number of rotatable bonds is 4. The van der Waals surface area contributed by atoms with Gasteiger partial charge in [0.1, 0.15) is 17.6 Å². The van der Waals surface area contributed by atoms with Crippen molar-refractivity contribution in [3.63, 3.8) is 0 Å². The summed E-state index contributed by atoms with van der Waals surface area (Å²) in [6.07, 6.45) is -0.438. The Hall–Kier alpha value is -1.83. The second-order valence-electron chi connectivity index (χ2n) is 6.08. The highest BCUT2D eigenvalue weighted by molar-refractivity contribution is 5.77. The summed E-state index contributed by atoms with van der Waals surface area (Å²) in [5.41, 5.74) is 1.51. The minimum Gasteiger partial charge on any atom is -0.496 e. The molecule has 2 heterocycles. The predicted molar refractivity (Wildman–Crippen MR) is 87.1 cm³/mol. The Morgan fingerprint density at radius 3 is 2.79 bits per heavy atom. The molecule has 7 heteroatoms. The summed E-state index contributed by atoms with van der Waals surface area (Å²) in [5, 5.41) is 13.8. The van der Waals surface area contributed by atoms with Crippen molar-refractivity contribution in [1.82, 2.24) is 10.2 Å². The Bertz CT molecular complexity index is 601. The molecule has 24 heavy (non-hydrogen) atoms. The molecule has 3 rings (SSSR count). The zero-order chi connectivity index (χ0) is 17.1. The lowest BCUT2D eigenvalue weighted by Crippen LogP contribution is -2.46. The molecule has 2 N–H and O–H groups in total. The van der Waals surface area contributed by atoms with Crippen molar-refractivity contribution in [2.24, 2.45) is 0 Å². The van der Waals surface area contributed by atoms with E-state index >= 15 is 0 Å². The average molecular weight is 336 g/mol. The summed E-state index contributed by atoms with van der Waals surface area (Å²) in [4.78, 5) is 14.3. The SMILES string of the molecule is COc1ccc(OC)c2c1CN(C(=O)CC1COCCN1)CC2O. The predicted octanol–water partition coefficient (Wildman–Crippen LogP) is 0.458. The Balaban J connectivity index is 1.79. The lowest BCUT2D eigenvalue weighted by molar-refractivity contribution is -0.135. The van der Waals surface area contributed by atoms with E-state index in [1.54, 1.807) is 31.3 Å². The fourth-order valence-corrected chi connectivity index (χ4v) is 3.36. The van der Waals surface area contributed by atoms with Crippen LogP contribution in [-0.2, 0) is 16.1 Å². The number of morpholine rings is 1. The first-order chi connectivity index (χ1) is 11.6. The normalized spacial score (nSPS) is 23.5. The maximum Gasteiger partial charge on any atom is 0.224 e. The van der Waals surface area contributed by atoms with E-state index in [2.05, 4.69) is 5.32 Å². The van der Waals surface area contributed by atoms with Crippen LogP contribution in [0.4, 0.5) is 0 Å². The minimum absolute atomic E-state index is 0.00688. The van der Waals surface area contributed by atoms with Crippen molar-refractivity contribution in [2.75, 3.05) is 40.5 Å². The first kappa shape index (κ1) is 17.0. The number of β-amino-alcohol motifs (C(OH)–C–C–N with tert-alkyl or cyclic N) is 1. The third-order valence-corrected chi connectivity index (χ3v) is 4.56. The fraction of sp³-hybridized carbons (Fsp3) is 0.588. The zero-order valence-electron chi connectivity index (χ0n) is 14.1. The molecular formula is C17H24N2O5. The number of hydrogen-bond donors (Lipinski definition) is 2. The highest BCUT2D eigenvalue weighted by Gasteiger charge is 2.32. The summed E-state index contributed by atoms with van der Waals surface area (Å²) in [7, 11) is 3.15. The standard InChI is InChI=1S/C17H24N2O5/c1-22-14-3-4-15(23-2)17-12(14)8-19(9-13(17)20)16(21)7-11-10-24-6-5-18-11/h3-4,11,13,18,20H,5-10H2,1-2H3. The van der Waals surface area contributed by atoms with E-state index in [-0.39, 0.29) is 18.5 Å². The molecule has 0 spiro atoms. The van der Waals surface area contributed by atoms with Gasteiger partial charge in [-0.05, 0) is 12.1 Å². The monoisotopic (exact) mass is 336 g/mol. The summed E-state index contributed by atoms with van der Waals surface area (Å²) >= 11 is 0. The van der Waals surface area contributed by atoms with Gasteiger partial charge in [0.25, 0.3) is 0 Å². The largest absolute Gasteiger partial charge is 0.496 e. The van der Waals surface area contributed by atoms with Gasteiger partial charge in [-0.25, -0.2) is 0 Å². The maximum absolute atomic E-state index is 12.6. The maximum atomic E-state index is 12.6. The van der Waals surface area contributed by atoms with E-state index in [0.29, 0.717) is 43.2 Å². The summed E-state index contributed by atoms with van der Waals surface area (Å²) in [5.74, 6) is 1.27. The second kappa shape index (κ2) is 7.38. The van der Waals surface area contributed by atoms with Crippen molar-refractivity contribution in [3.05, 3.63) is 23.3 Å². The summed E-state index contributed by atoms with van der Waals surface area (Å²) in [6, 6.07) is 3.60. The number of aliphatic hydroxyl groups is 1. The molecule has 0 aromatic heterocycles. The van der Waals surface area contributed by atoms with Crippen LogP contribution < -0.4 is 14.8 Å². The number of ether oxygens (including phenoxy) is 3. The van der Waals surface area contributed by atoms with Gasteiger partial charge in [-0.15, -0.1) is 0 Å². The minimum atomic E-state index is -0.793. The first-order valence-electron chi connectivity index (χ1n) is 8.14. The van der Waals surface area contributed by atoms with Crippen LogP contribution in [0.1, 0.15) is 23.7 Å². The quantitative estimate of drug-likeness (QED) is 0.831. The molecule has 1 aromatic carbocycles. The van der Waals surface area contributed by atoms with Gasteiger partial charge >= 0.3 is 0 Å². The van der Waals surface area contributed by atoms with Crippen molar-refractivity contribution in [2.45, 2.75) is 25.1 Å². The van der Waals surface area contributed by atoms with Gasteiger partial charge in [-0.1, -0.05) is 0 Å². The molecule has 132 valence electrons. The van der Waals surface area contributed by atoms with Gasteiger partial charge < -0.3 is 29.5 Å². The van der Waals surface area contributed by atoms with Crippen LogP contribution in [0.2, 0.25) is 0 Å².